The van der Waals surface area contributed by atoms with Crippen LogP contribution in [-0.4, -0.2) is 5.78 Å². The van der Waals surface area contributed by atoms with Crippen molar-refractivity contribution in [1.82, 2.24) is 0 Å². The van der Waals surface area contributed by atoms with E-state index in [4.69, 9.17) is 0 Å². The Labute approximate surface area is 78.9 Å². The van der Waals surface area contributed by atoms with Crippen molar-refractivity contribution in [3.05, 3.63) is 0 Å². The molecular formula is C12H16O. The lowest BCUT2D eigenvalue weighted by atomic mass is 9.65. The van der Waals surface area contributed by atoms with Gasteiger partial charge in [0.25, 0.3) is 0 Å². The maximum Gasteiger partial charge on any atom is 0.133 e. The third-order valence-electron chi connectivity index (χ3n) is 6.35. The number of ketones is 1. The summed E-state index contributed by atoms with van der Waals surface area (Å²) in [6.07, 6.45) is 3.28. The molecule has 0 heterocycles. The van der Waals surface area contributed by atoms with Crippen molar-refractivity contribution in [2.24, 2.45) is 34.5 Å². The van der Waals surface area contributed by atoms with Gasteiger partial charge in [-0.15, -0.1) is 0 Å². The van der Waals surface area contributed by atoms with E-state index in [1.165, 1.54) is 6.42 Å². The van der Waals surface area contributed by atoms with Crippen molar-refractivity contribution in [1.29, 1.82) is 0 Å². The van der Waals surface area contributed by atoms with Crippen LogP contribution in [-0.2, 0) is 4.79 Å². The monoisotopic (exact) mass is 176 g/mol. The molecule has 5 fully saturated rings. The van der Waals surface area contributed by atoms with Crippen molar-refractivity contribution in [2.75, 3.05) is 0 Å². The van der Waals surface area contributed by atoms with Crippen molar-refractivity contribution in [3.63, 3.8) is 0 Å². The molecule has 5 saturated carbocycles. The number of hydrogen-bond acceptors (Lipinski definition) is 1. The van der Waals surface area contributed by atoms with Crippen molar-refractivity contribution < 1.29 is 4.79 Å². The lowest BCUT2D eigenvalue weighted by Crippen LogP contribution is -2.35. The summed E-state index contributed by atoms with van der Waals surface area (Å²) in [7, 11) is 0. The number of hydrogen-bond donors (Lipinski definition) is 0. The highest BCUT2D eigenvalue weighted by molar-refractivity contribution is 5.82. The normalized spacial score (nSPS) is 71.7. The molecule has 0 aliphatic heterocycles. The summed E-state index contributed by atoms with van der Waals surface area (Å²) in [5.74, 6) is 4.25. The summed E-state index contributed by atoms with van der Waals surface area (Å²) in [6, 6.07) is 0. The SMILES string of the molecule is C[C@]12CC(=O)C[C@@H]3C4[C@@H](C[C@@H]31)[C@]42C. The van der Waals surface area contributed by atoms with E-state index in [1.54, 1.807) is 0 Å². The van der Waals surface area contributed by atoms with E-state index in [1.807, 2.05) is 0 Å². The molecular weight excluding hydrogens is 160 g/mol. The van der Waals surface area contributed by atoms with Gasteiger partial charge in [0.1, 0.15) is 5.78 Å². The predicted molar refractivity (Wildman–Crippen MR) is 49.0 cm³/mol. The number of carbonyl (C=O) groups is 1. The summed E-state index contributed by atoms with van der Waals surface area (Å²) in [5, 5.41) is 0. The Morgan fingerprint density at radius 3 is 2.69 bits per heavy atom. The summed E-state index contributed by atoms with van der Waals surface area (Å²) in [6.45, 7) is 4.86. The Morgan fingerprint density at radius 2 is 2.08 bits per heavy atom. The smallest absolute Gasteiger partial charge is 0.133 e. The quantitative estimate of drug-likeness (QED) is 0.553. The maximum absolute atomic E-state index is 11.6. The lowest BCUT2D eigenvalue weighted by molar-refractivity contribution is -0.126. The molecule has 0 aromatic heterocycles. The molecule has 70 valence electrons. The second-order valence-electron chi connectivity index (χ2n) is 6.26. The van der Waals surface area contributed by atoms with E-state index in [0.717, 1.165) is 36.5 Å². The highest BCUT2D eigenvalue weighted by Crippen LogP contribution is 2.90. The molecule has 6 atom stereocenters. The Morgan fingerprint density at radius 1 is 1.31 bits per heavy atom. The molecule has 0 amide bonds. The molecule has 0 aromatic carbocycles. The molecule has 1 nitrogen and oxygen atoms in total. The molecule has 5 aliphatic carbocycles. The first-order chi connectivity index (χ1) is 6.09. The average molecular weight is 176 g/mol. The van der Waals surface area contributed by atoms with Gasteiger partial charge >= 0.3 is 0 Å². The van der Waals surface area contributed by atoms with Gasteiger partial charge < -0.3 is 0 Å². The molecule has 1 unspecified atom stereocenters. The van der Waals surface area contributed by atoms with Crippen LogP contribution in [0.15, 0.2) is 0 Å². The van der Waals surface area contributed by atoms with Crippen molar-refractivity contribution in [3.8, 4) is 0 Å². The van der Waals surface area contributed by atoms with Crippen LogP contribution in [0, 0.1) is 34.5 Å². The van der Waals surface area contributed by atoms with Crippen molar-refractivity contribution in [2.45, 2.75) is 33.1 Å². The first kappa shape index (κ1) is 7.03. The fourth-order valence-corrected chi connectivity index (χ4v) is 5.74. The van der Waals surface area contributed by atoms with Gasteiger partial charge in [0.15, 0.2) is 0 Å². The van der Waals surface area contributed by atoms with E-state index in [-0.39, 0.29) is 0 Å². The summed E-state index contributed by atoms with van der Waals surface area (Å²) in [4.78, 5) is 11.6. The third-order valence-corrected chi connectivity index (χ3v) is 6.35. The van der Waals surface area contributed by atoms with Gasteiger partial charge in [-0.3, -0.25) is 4.79 Å². The Balaban J connectivity index is 1.94. The van der Waals surface area contributed by atoms with Crippen LogP contribution in [0.25, 0.3) is 0 Å². The highest BCUT2D eigenvalue weighted by atomic mass is 16.1. The molecule has 6 bridgehead atoms. The molecule has 0 radical (unpaired) electrons. The lowest BCUT2D eigenvalue weighted by Gasteiger charge is -2.38. The second kappa shape index (κ2) is 1.51. The van der Waals surface area contributed by atoms with Gasteiger partial charge in [-0.1, -0.05) is 13.8 Å². The minimum atomic E-state index is 0.419. The zero-order chi connectivity index (χ0) is 9.01. The van der Waals surface area contributed by atoms with E-state index < -0.39 is 0 Å². The second-order valence-corrected chi connectivity index (χ2v) is 6.26. The average Bonchev–Trinajstić information content (AvgIpc) is 2.30. The van der Waals surface area contributed by atoms with E-state index in [2.05, 4.69) is 13.8 Å². The van der Waals surface area contributed by atoms with Gasteiger partial charge in [0, 0.05) is 12.8 Å². The molecule has 0 aromatic rings. The first-order valence-corrected chi connectivity index (χ1v) is 5.61. The Bertz CT molecular complexity index is 334. The molecule has 0 N–H and O–H groups in total. The minimum Gasteiger partial charge on any atom is -0.300 e. The van der Waals surface area contributed by atoms with Crippen LogP contribution in [0.3, 0.4) is 0 Å². The molecule has 13 heavy (non-hydrogen) atoms. The molecule has 5 rings (SSSR count). The largest absolute Gasteiger partial charge is 0.300 e. The fourth-order valence-electron chi connectivity index (χ4n) is 5.74. The van der Waals surface area contributed by atoms with Crippen LogP contribution in [0.2, 0.25) is 0 Å². The van der Waals surface area contributed by atoms with Gasteiger partial charge in [0.05, 0.1) is 0 Å². The van der Waals surface area contributed by atoms with Crippen LogP contribution in [0.5, 0.6) is 0 Å². The van der Waals surface area contributed by atoms with E-state index >= 15 is 0 Å². The van der Waals surface area contributed by atoms with E-state index in [0.29, 0.717) is 16.6 Å². The minimum absolute atomic E-state index is 0.419. The van der Waals surface area contributed by atoms with Crippen LogP contribution in [0.1, 0.15) is 33.1 Å². The Hall–Kier alpha value is -0.330. The standard InChI is InChI=1S/C12H16O/c1-11-5-6(13)3-7-8(11)4-9-10(7)12(9,11)2/h7-10H,3-5H2,1-2H3/t7-,8-,9+,10?,11-,12+/m0/s1. The van der Waals surface area contributed by atoms with Crippen LogP contribution >= 0.6 is 0 Å². The third kappa shape index (κ3) is 0.442. The summed E-state index contributed by atoms with van der Waals surface area (Å²) >= 11 is 0. The first-order valence-electron chi connectivity index (χ1n) is 5.61. The number of carbonyl (C=O) groups excluding carboxylic acids is 1. The Kier molecular flexibility index (Phi) is 0.816. The summed E-state index contributed by atoms with van der Waals surface area (Å²) in [5.41, 5.74) is 1.01. The fraction of sp³-hybridized carbons (Fsp3) is 0.917. The zero-order valence-corrected chi connectivity index (χ0v) is 8.34. The van der Waals surface area contributed by atoms with Gasteiger partial charge in [-0.2, -0.15) is 0 Å². The topological polar surface area (TPSA) is 17.1 Å². The summed E-state index contributed by atoms with van der Waals surface area (Å²) < 4.78 is 0. The number of Topliss-reactive ketones (excluding diaryl/α,β-unsaturated/α-hetero) is 1. The maximum atomic E-state index is 11.6. The molecule has 1 heteroatoms. The van der Waals surface area contributed by atoms with Gasteiger partial charge in [-0.25, -0.2) is 0 Å². The van der Waals surface area contributed by atoms with Crippen molar-refractivity contribution >= 4 is 5.78 Å². The van der Waals surface area contributed by atoms with E-state index in [9.17, 15) is 4.79 Å². The predicted octanol–water partition coefficient (Wildman–Crippen LogP) is 2.26. The van der Waals surface area contributed by atoms with Gasteiger partial charge in [-0.05, 0) is 40.9 Å². The molecule has 0 saturated heterocycles. The van der Waals surface area contributed by atoms with Crippen LogP contribution < -0.4 is 0 Å². The van der Waals surface area contributed by atoms with Gasteiger partial charge in [0.2, 0.25) is 0 Å². The highest BCUT2D eigenvalue weighted by Gasteiger charge is 2.86. The van der Waals surface area contributed by atoms with Crippen LogP contribution in [0.4, 0.5) is 0 Å². The zero-order valence-electron chi connectivity index (χ0n) is 8.34. The number of rotatable bonds is 0. The molecule has 5 aliphatic rings. The molecule has 0 spiro atoms.